The fourth-order valence-electron chi connectivity index (χ4n) is 7.29. The van der Waals surface area contributed by atoms with Gasteiger partial charge in [-0.25, -0.2) is 0 Å². The second-order valence-electron chi connectivity index (χ2n) is 9.58. The number of rotatable bonds is 2. The first-order chi connectivity index (χ1) is 12.1. The van der Waals surface area contributed by atoms with Crippen LogP contribution in [0.1, 0.15) is 56.1 Å². The standard InChI is InChI=1S/C22H27NO2/c24-17-5-3-15-10-22-11-16-4-6-20(22)23(13-14-1-2-14)8-7-21(22,12-19(16)25)18(15)9-17/h3,5,9,14,16,20,24H,1-2,4,6-8,10-13H2/t16-,20+,21+,22+/m0/s1. The molecule has 0 radical (unpaired) electrons. The lowest BCUT2D eigenvalue weighted by Crippen LogP contribution is -2.68. The normalized spacial score (nSPS) is 42.2. The van der Waals surface area contributed by atoms with Crippen molar-refractivity contribution in [1.29, 1.82) is 0 Å². The number of ketones is 1. The van der Waals surface area contributed by atoms with Gasteiger partial charge in [0.1, 0.15) is 11.5 Å². The smallest absolute Gasteiger partial charge is 0.136 e. The summed E-state index contributed by atoms with van der Waals surface area (Å²) in [5.74, 6) is 2.10. The van der Waals surface area contributed by atoms with E-state index < -0.39 is 0 Å². The van der Waals surface area contributed by atoms with E-state index in [0.29, 0.717) is 23.5 Å². The van der Waals surface area contributed by atoms with Crippen molar-refractivity contribution in [3.05, 3.63) is 29.3 Å². The van der Waals surface area contributed by atoms with E-state index in [-0.39, 0.29) is 10.8 Å². The summed E-state index contributed by atoms with van der Waals surface area (Å²) < 4.78 is 0. The SMILES string of the molecule is O=C1C[C@@]23CCN(CC4CC4)[C@@H]4CC[C@H]1C[C@]42Cc1ccc(O)cc13. The number of phenols is 1. The van der Waals surface area contributed by atoms with E-state index in [1.807, 2.05) is 12.1 Å². The number of carbonyl (C=O) groups excluding carboxylic acids is 1. The van der Waals surface area contributed by atoms with Crippen LogP contribution < -0.4 is 0 Å². The molecule has 3 saturated carbocycles. The summed E-state index contributed by atoms with van der Waals surface area (Å²) in [5.41, 5.74) is 2.97. The Kier molecular flexibility index (Phi) is 2.76. The highest BCUT2D eigenvalue weighted by Crippen LogP contribution is 2.68. The number of hydrogen-bond donors (Lipinski definition) is 1. The fourth-order valence-corrected chi connectivity index (χ4v) is 7.29. The molecule has 1 aromatic carbocycles. The molecule has 0 unspecified atom stereocenters. The van der Waals surface area contributed by atoms with Crippen LogP contribution in [0.5, 0.6) is 5.75 Å². The second-order valence-corrected chi connectivity index (χ2v) is 9.58. The second kappa shape index (κ2) is 4.68. The quantitative estimate of drug-likeness (QED) is 0.899. The summed E-state index contributed by atoms with van der Waals surface area (Å²) in [6.45, 7) is 2.42. The number of piperidine rings is 1. The Bertz CT molecular complexity index is 769. The number of hydrogen-bond acceptors (Lipinski definition) is 3. The predicted molar refractivity (Wildman–Crippen MR) is 95.6 cm³/mol. The zero-order chi connectivity index (χ0) is 16.8. The first-order valence-corrected chi connectivity index (χ1v) is 10.2. The summed E-state index contributed by atoms with van der Waals surface area (Å²) in [6.07, 6.45) is 9.17. The van der Waals surface area contributed by atoms with Crippen LogP contribution in [-0.2, 0) is 16.6 Å². The van der Waals surface area contributed by atoms with Crippen molar-refractivity contribution < 1.29 is 9.90 Å². The molecule has 3 nitrogen and oxygen atoms in total. The van der Waals surface area contributed by atoms with Gasteiger partial charge >= 0.3 is 0 Å². The van der Waals surface area contributed by atoms with Crippen LogP contribution >= 0.6 is 0 Å². The van der Waals surface area contributed by atoms with Gasteiger partial charge in [-0.15, -0.1) is 0 Å². The fraction of sp³-hybridized carbons (Fsp3) is 0.682. The van der Waals surface area contributed by atoms with Gasteiger partial charge in [-0.1, -0.05) is 6.07 Å². The molecule has 6 rings (SSSR count). The minimum absolute atomic E-state index is 0.000204. The van der Waals surface area contributed by atoms with Crippen LogP contribution in [0.2, 0.25) is 0 Å². The summed E-state index contributed by atoms with van der Waals surface area (Å²) >= 11 is 0. The topological polar surface area (TPSA) is 40.5 Å². The Balaban J connectivity index is 1.51. The van der Waals surface area contributed by atoms with Crippen molar-refractivity contribution in [2.24, 2.45) is 17.3 Å². The maximum atomic E-state index is 12.9. The molecule has 0 amide bonds. The van der Waals surface area contributed by atoms with Gasteiger partial charge in [-0.05, 0) is 80.7 Å². The van der Waals surface area contributed by atoms with Crippen molar-refractivity contribution in [3.8, 4) is 5.75 Å². The van der Waals surface area contributed by atoms with E-state index in [1.165, 1.54) is 36.9 Å². The monoisotopic (exact) mass is 337 g/mol. The molecule has 5 aliphatic rings. The summed E-state index contributed by atoms with van der Waals surface area (Å²) in [4.78, 5) is 15.7. The van der Waals surface area contributed by atoms with Crippen LogP contribution in [0.25, 0.3) is 0 Å². The van der Waals surface area contributed by atoms with Gasteiger partial charge in [0.15, 0.2) is 0 Å². The average Bonchev–Trinajstić information content (AvgIpc) is 3.37. The molecular weight excluding hydrogens is 310 g/mol. The molecule has 1 aromatic rings. The number of carbonyl (C=O) groups is 1. The molecule has 1 N–H and O–H groups in total. The molecule has 25 heavy (non-hydrogen) atoms. The first-order valence-electron chi connectivity index (χ1n) is 10.2. The number of nitrogens with zero attached hydrogens (tertiary/aromatic N) is 1. The Morgan fingerprint density at radius 2 is 2.04 bits per heavy atom. The highest BCUT2D eigenvalue weighted by molar-refractivity contribution is 5.85. The molecule has 1 aliphatic heterocycles. The van der Waals surface area contributed by atoms with Crippen LogP contribution in [0.15, 0.2) is 18.2 Å². The zero-order valence-corrected chi connectivity index (χ0v) is 14.8. The maximum absolute atomic E-state index is 12.9. The molecule has 0 aromatic heterocycles. The number of Topliss-reactive ketones (excluding diaryl/α,β-unsaturated/α-hetero) is 1. The van der Waals surface area contributed by atoms with Crippen molar-refractivity contribution in [2.75, 3.05) is 13.1 Å². The Labute approximate surface area is 149 Å². The van der Waals surface area contributed by atoms with Crippen molar-refractivity contribution in [2.45, 2.75) is 62.8 Å². The first kappa shape index (κ1) is 14.8. The molecule has 4 fully saturated rings. The lowest BCUT2D eigenvalue weighted by molar-refractivity contribution is -0.152. The molecule has 1 saturated heterocycles. The minimum atomic E-state index is -0.000204. The van der Waals surface area contributed by atoms with Gasteiger partial charge in [0.2, 0.25) is 0 Å². The van der Waals surface area contributed by atoms with Crippen LogP contribution in [0, 0.1) is 17.3 Å². The Hall–Kier alpha value is -1.35. The number of benzene rings is 1. The number of phenolic OH excluding ortho intramolecular Hbond substituents is 1. The Morgan fingerprint density at radius 3 is 2.88 bits per heavy atom. The van der Waals surface area contributed by atoms with Gasteiger partial charge in [0, 0.05) is 35.8 Å². The van der Waals surface area contributed by atoms with E-state index >= 15 is 0 Å². The summed E-state index contributed by atoms with van der Waals surface area (Å²) in [6, 6.07) is 6.62. The largest absolute Gasteiger partial charge is 0.508 e. The molecular formula is C22H27NO2. The van der Waals surface area contributed by atoms with E-state index in [0.717, 1.165) is 44.6 Å². The minimum Gasteiger partial charge on any atom is -0.508 e. The van der Waals surface area contributed by atoms with Gasteiger partial charge in [-0.2, -0.15) is 0 Å². The van der Waals surface area contributed by atoms with E-state index in [9.17, 15) is 9.90 Å². The maximum Gasteiger partial charge on any atom is 0.136 e. The van der Waals surface area contributed by atoms with Crippen LogP contribution in [-0.4, -0.2) is 34.9 Å². The third-order valence-corrected chi connectivity index (χ3v) is 8.49. The van der Waals surface area contributed by atoms with Crippen LogP contribution in [0.3, 0.4) is 0 Å². The third kappa shape index (κ3) is 1.78. The average molecular weight is 337 g/mol. The van der Waals surface area contributed by atoms with Crippen molar-refractivity contribution in [3.63, 3.8) is 0 Å². The molecule has 1 spiro atoms. The third-order valence-electron chi connectivity index (χ3n) is 8.49. The Morgan fingerprint density at radius 1 is 1.16 bits per heavy atom. The summed E-state index contributed by atoms with van der Waals surface area (Å²) in [5, 5.41) is 10.2. The highest BCUT2D eigenvalue weighted by Gasteiger charge is 2.68. The number of likely N-dealkylation sites (tertiary alicyclic amines) is 1. The van der Waals surface area contributed by atoms with Gasteiger partial charge in [0.05, 0.1) is 0 Å². The molecule has 132 valence electrons. The lowest BCUT2D eigenvalue weighted by atomic mass is 9.45. The van der Waals surface area contributed by atoms with E-state index in [4.69, 9.17) is 0 Å². The highest BCUT2D eigenvalue weighted by atomic mass is 16.3. The number of fused-ring (bicyclic) bond motifs is 2. The molecule has 4 atom stereocenters. The lowest BCUT2D eigenvalue weighted by Gasteiger charge is -2.64. The van der Waals surface area contributed by atoms with E-state index in [1.54, 1.807) is 0 Å². The van der Waals surface area contributed by atoms with Gasteiger partial charge in [-0.3, -0.25) is 9.69 Å². The molecule has 2 bridgehead atoms. The predicted octanol–water partition coefficient (Wildman–Crippen LogP) is 3.43. The summed E-state index contributed by atoms with van der Waals surface area (Å²) in [7, 11) is 0. The van der Waals surface area contributed by atoms with Gasteiger partial charge in [0.25, 0.3) is 0 Å². The van der Waals surface area contributed by atoms with Crippen molar-refractivity contribution in [1.82, 2.24) is 4.90 Å². The van der Waals surface area contributed by atoms with E-state index in [2.05, 4.69) is 11.0 Å². The van der Waals surface area contributed by atoms with Gasteiger partial charge < -0.3 is 5.11 Å². The van der Waals surface area contributed by atoms with Crippen LogP contribution in [0.4, 0.5) is 0 Å². The number of aromatic hydroxyl groups is 1. The molecule has 4 aliphatic carbocycles. The zero-order valence-electron chi connectivity index (χ0n) is 14.8. The van der Waals surface area contributed by atoms with Crippen molar-refractivity contribution >= 4 is 5.78 Å². The molecule has 1 heterocycles. The molecule has 3 heteroatoms.